The van der Waals surface area contributed by atoms with Crippen LogP contribution in [0.5, 0.6) is 0 Å². The Bertz CT molecular complexity index is 273. The fourth-order valence-corrected chi connectivity index (χ4v) is 1.48. The fraction of sp³-hybridized carbons (Fsp3) is 0.500. The van der Waals surface area contributed by atoms with Crippen LogP contribution in [0.2, 0.25) is 0 Å². The van der Waals surface area contributed by atoms with E-state index in [-0.39, 0.29) is 12.3 Å². The van der Waals surface area contributed by atoms with Gasteiger partial charge in [-0.3, -0.25) is 4.98 Å². The van der Waals surface area contributed by atoms with Crippen LogP contribution in [0, 0.1) is 0 Å². The third kappa shape index (κ3) is 2.29. The Kier molecular flexibility index (Phi) is 3.08. The Morgan fingerprint density at radius 1 is 1.50 bits per heavy atom. The summed E-state index contributed by atoms with van der Waals surface area (Å²) in [5, 5.41) is 0. The van der Waals surface area contributed by atoms with E-state index in [9.17, 15) is 0 Å². The van der Waals surface area contributed by atoms with E-state index >= 15 is 0 Å². The molecule has 0 radical (unpaired) electrons. The van der Waals surface area contributed by atoms with Gasteiger partial charge in [-0.15, -0.1) is 0 Å². The third-order valence-electron chi connectivity index (χ3n) is 2.25. The molecular weight excluding hydrogens is 180 g/mol. The second-order valence-corrected chi connectivity index (χ2v) is 3.30. The maximum atomic E-state index is 5.97. The molecule has 76 valence electrons. The van der Waals surface area contributed by atoms with Crippen molar-refractivity contribution < 1.29 is 9.47 Å². The first-order valence-electron chi connectivity index (χ1n) is 4.75. The molecular formula is C10H14N2O2. The van der Waals surface area contributed by atoms with Crippen LogP contribution in [0.25, 0.3) is 0 Å². The lowest BCUT2D eigenvalue weighted by atomic mass is 10.1. The first-order valence-corrected chi connectivity index (χ1v) is 4.75. The molecule has 1 unspecified atom stereocenters. The smallest absolute Gasteiger partial charge is 0.159 e. The Morgan fingerprint density at radius 3 is 2.93 bits per heavy atom. The first kappa shape index (κ1) is 9.58. The summed E-state index contributed by atoms with van der Waals surface area (Å²) in [7, 11) is 0. The van der Waals surface area contributed by atoms with Crippen LogP contribution in [0.15, 0.2) is 24.5 Å². The van der Waals surface area contributed by atoms with Crippen molar-refractivity contribution in [2.24, 2.45) is 5.73 Å². The van der Waals surface area contributed by atoms with Crippen molar-refractivity contribution in [3.63, 3.8) is 0 Å². The molecule has 1 aliphatic heterocycles. The Morgan fingerprint density at radius 2 is 2.29 bits per heavy atom. The van der Waals surface area contributed by atoms with Crippen molar-refractivity contribution in [2.45, 2.75) is 18.8 Å². The quantitative estimate of drug-likeness (QED) is 0.774. The molecule has 4 nitrogen and oxygen atoms in total. The summed E-state index contributed by atoms with van der Waals surface area (Å²) >= 11 is 0. The van der Waals surface area contributed by atoms with Crippen molar-refractivity contribution in [1.29, 1.82) is 0 Å². The molecule has 0 aromatic carbocycles. The van der Waals surface area contributed by atoms with Crippen LogP contribution in [0.4, 0.5) is 0 Å². The van der Waals surface area contributed by atoms with Crippen LogP contribution >= 0.6 is 0 Å². The van der Waals surface area contributed by atoms with Gasteiger partial charge < -0.3 is 15.2 Å². The summed E-state index contributed by atoms with van der Waals surface area (Å²) in [5.74, 6) is 0. The van der Waals surface area contributed by atoms with Crippen molar-refractivity contribution in [2.75, 3.05) is 13.2 Å². The van der Waals surface area contributed by atoms with Gasteiger partial charge in [-0.25, -0.2) is 0 Å². The zero-order chi connectivity index (χ0) is 9.80. The van der Waals surface area contributed by atoms with Gasteiger partial charge in [0.1, 0.15) is 0 Å². The highest BCUT2D eigenvalue weighted by molar-refractivity contribution is 5.13. The van der Waals surface area contributed by atoms with E-state index in [1.807, 2.05) is 12.1 Å². The summed E-state index contributed by atoms with van der Waals surface area (Å²) in [6.45, 7) is 1.34. The minimum absolute atomic E-state index is 0.0631. The highest BCUT2D eigenvalue weighted by Crippen LogP contribution is 2.18. The molecule has 0 bridgehead atoms. The molecule has 2 rings (SSSR count). The summed E-state index contributed by atoms with van der Waals surface area (Å²) in [5.41, 5.74) is 6.99. The number of hydrogen-bond donors (Lipinski definition) is 1. The van der Waals surface area contributed by atoms with Crippen molar-refractivity contribution in [3.05, 3.63) is 30.1 Å². The lowest BCUT2D eigenvalue weighted by molar-refractivity contribution is -0.0507. The Balaban J connectivity index is 1.92. The molecule has 1 aromatic rings. The van der Waals surface area contributed by atoms with Gasteiger partial charge in [0.25, 0.3) is 0 Å². The maximum Gasteiger partial charge on any atom is 0.159 e. The van der Waals surface area contributed by atoms with E-state index in [4.69, 9.17) is 15.2 Å². The zero-order valence-corrected chi connectivity index (χ0v) is 7.93. The number of pyridine rings is 1. The lowest BCUT2D eigenvalue weighted by Crippen LogP contribution is -2.19. The molecule has 4 heteroatoms. The molecule has 0 aliphatic carbocycles. The van der Waals surface area contributed by atoms with Crippen molar-refractivity contribution in [1.82, 2.24) is 4.98 Å². The second kappa shape index (κ2) is 4.50. The van der Waals surface area contributed by atoms with Gasteiger partial charge in [-0.2, -0.15) is 0 Å². The summed E-state index contributed by atoms with van der Waals surface area (Å²) in [6.07, 6.45) is 4.05. The number of ether oxygens (including phenoxy) is 2. The second-order valence-electron chi connectivity index (χ2n) is 3.30. The predicted octanol–water partition coefficient (Wildman–Crippen LogP) is 0.844. The van der Waals surface area contributed by atoms with Crippen LogP contribution in [-0.4, -0.2) is 24.5 Å². The van der Waals surface area contributed by atoms with Crippen LogP contribution in [-0.2, 0) is 9.47 Å². The number of aromatic nitrogens is 1. The molecule has 0 spiro atoms. The van der Waals surface area contributed by atoms with E-state index in [1.165, 1.54) is 0 Å². The van der Waals surface area contributed by atoms with Crippen LogP contribution in [0.1, 0.15) is 18.0 Å². The topological polar surface area (TPSA) is 57.4 Å². The van der Waals surface area contributed by atoms with Gasteiger partial charge >= 0.3 is 0 Å². The number of nitrogens with zero attached hydrogens (tertiary/aromatic N) is 1. The molecule has 14 heavy (non-hydrogen) atoms. The molecule has 1 aliphatic rings. The zero-order valence-electron chi connectivity index (χ0n) is 7.93. The Labute approximate surface area is 83.0 Å². The average molecular weight is 194 g/mol. The molecule has 1 fully saturated rings. The molecule has 2 N–H and O–H groups in total. The minimum Gasteiger partial charge on any atom is -0.350 e. The number of nitrogens with two attached hydrogens (primary N) is 1. The van der Waals surface area contributed by atoms with Crippen LogP contribution < -0.4 is 5.73 Å². The Hall–Kier alpha value is -0.970. The van der Waals surface area contributed by atoms with E-state index in [1.54, 1.807) is 12.4 Å². The van der Waals surface area contributed by atoms with Gasteiger partial charge in [0.15, 0.2) is 6.29 Å². The number of hydrogen-bond acceptors (Lipinski definition) is 4. The number of rotatable bonds is 3. The van der Waals surface area contributed by atoms with Crippen LogP contribution in [0.3, 0.4) is 0 Å². The molecule has 2 heterocycles. The highest BCUT2D eigenvalue weighted by atomic mass is 16.7. The SMILES string of the molecule is NC(CC1OCCO1)c1cccnc1. The minimum atomic E-state index is -0.148. The van der Waals surface area contributed by atoms with Gasteiger partial charge in [0.05, 0.1) is 13.2 Å². The normalized spacial score (nSPS) is 19.8. The average Bonchev–Trinajstić information content (AvgIpc) is 2.72. The van der Waals surface area contributed by atoms with Gasteiger partial charge in [0.2, 0.25) is 0 Å². The standard InChI is InChI=1S/C10H14N2O2/c11-9(6-10-13-4-5-14-10)8-2-1-3-12-7-8/h1-3,7,9-10H,4-6,11H2. The highest BCUT2D eigenvalue weighted by Gasteiger charge is 2.19. The summed E-state index contributed by atoms with van der Waals surface area (Å²) in [6, 6.07) is 3.78. The van der Waals surface area contributed by atoms with Crippen molar-refractivity contribution in [3.8, 4) is 0 Å². The van der Waals surface area contributed by atoms with E-state index in [0.717, 1.165) is 5.56 Å². The lowest BCUT2D eigenvalue weighted by Gasteiger charge is -2.15. The van der Waals surface area contributed by atoms with E-state index in [2.05, 4.69) is 4.98 Å². The first-order chi connectivity index (χ1) is 6.86. The maximum absolute atomic E-state index is 5.97. The van der Waals surface area contributed by atoms with Gasteiger partial charge in [-0.05, 0) is 11.6 Å². The molecule has 0 amide bonds. The summed E-state index contributed by atoms with van der Waals surface area (Å²) < 4.78 is 10.6. The summed E-state index contributed by atoms with van der Waals surface area (Å²) in [4.78, 5) is 4.02. The predicted molar refractivity (Wildman–Crippen MR) is 51.5 cm³/mol. The van der Waals surface area contributed by atoms with Crippen molar-refractivity contribution >= 4 is 0 Å². The monoisotopic (exact) mass is 194 g/mol. The molecule has 1 atom stereocenters. The van der Waals surface area contributed by atoms with E-state index < -0.39 is 0 Å². The third-order valence-corrected chi connectivity index (χ3v) is 2.25. The van der Waals surface area contributed by atoms with Gasteiger partial charge in [0, 0.05) is 24.9 Å². The molecule has 0 saturated carbocycles. The molecule has 1 saturated heterocycles. The van der Waals surface area contributed by atoms with Gasteiger partial charge in [-0.1, -0.05) is 6.07 Å². The fourth-order valence-electron chi connectivity index (χ4n) is 1.48. The van der Waals surface area contributed by atoms with E-state index in [0.29, 0.717) is 19.6 Å². The largest absolute Gasteiger partial charge is 0.350 e. The molecule has 1 aromatic heterocycles.